The van der Waals surface area contributed by atoms with Crippen LogP contribution < -0.4 is 18.8 Å². The van der Waals surface area contributed by atoms with Gasteiger partial charge in [0.25, 0.3) is 11.4 Å². The summed E-state index contributed by atoms with van der Waals surface area (Å²) in [4.78, 5) is 0. The van der Waals surface area contributed by atoms with Crippen molar-refractivity contribution >= 4 is 11.4 Å². The molecule has 0 saturated carbocycles. The third-order valence-electron chi connectivity index (χ3n) is 8.56. The predicted octanol–water partition coefficient (Wildman–Crippen LogP) is 7.79. The molecular weight excluding hydrogens is 466 g/mol. The van der Waals surface area contributed by atoms with Gasteiger partial charge in [-0.1, -0.05) is 68.4 Å². The van der Waals surface area contributed by atoms with Gasteiger partial charge in [-0.15, -0.1) is 0 Å². The molecule has 0 N–H and O–H groups in total. The van der Waals surface area contributed by atoms with Crippen LogP contribution >= 0.6 is 0 Å². The fourth-order valence-corrected chi connectivity index (χ4v) is 6.36. The van der Waals surface area contributed by atoms with Crippen molar-refractivity contribution in [1.82, 2.24) is 4.70 Å². The number of pyridine rings is 2. The van der Waals surface area contributed by atoms with E-state index in [0.29, 0.717) is 4.70 Å². The molecule has 0 amide bonds. The van der Waals surface area contributed by atoms with Gasteiger partial charge in [-0.2, -0.15) is 0 Å². The van der Waals surface area contributed by atoms with Crippen LogP contribution in [0.5, 0.6) is 11.5 Å². The maximum atomic E-state index is 6.81. The average molecular weight is 505 g/mol. The molecule has 0 fully saturated rings. The van der Waals surface area contributed by atoms with Gasteiger partial charge < -0.3 is 4.74 Å². The van der Waals surface area contributed by atoms with Gasteiger partial charge in [0.05, 0.1) is 9.35 Å². The van der Waals surface area contributed by atoms with Gasteiger partial charge in [0, 0.05) is 24.3 Å². The van der Waals surface area contributed by atoms with E-state index in [1.54, 1.807) is 0 Å². The normalized spacial score (nSPS) is 18.4. The maximum absolute atomic E-state index is 6.81. The van der Waals surface area contributed by atoms with E-state index in [1.165, 1.54) is 50.6 Å². The van der Waals surface area contributed by atoms with Gasteiger partial charge in [-0.25, -0.2) is 0 Å². The number of nitrogens with zero attached hydrogens (tertiary/aromatic N) is 3. The fraction of sp³-hybridized carbons (Fsp3) is 0.353. The highest BCUT2D eigenvalue weighted by atomic mass is 16.5. The summed E-state index contributed by atoms with van der Waals surface area (Å²) >= 11 is 0. The second-order valence-corrected chi connectivity index (χ2v) is 14.3. The quantitative estimate of drug-likeness (QED) is 0.152. The summed E-state index contributed by atoms with van der Waals surface area (Å²) in [5.74, 6) is 1.87. The van der Waals surface area contributed by atoms with Crippen molar-refractivity contribution in [1.29, 1.82) is 0 Å². The number of benzene rings is 2. The van der Waals surface area contributed by atoms with Gasteiger partial charge in [0.1, 0.15) is 11.1 Å². The number of para-hydroxylation sites is 1. The smallest absolute Gasteiger partial charge is 0.318 e. The molecular formula is C34H38N3O+3. The summed E-state index contributed by atoms with van der Waals surface area (Å²) in [6.45, 7) is 20.6. The van der Waals surface area contributed by atoms with Crippen molar-refractivity contribution in [3.05, 3.63) is 83.7 Å². The lowest BCUT2D eigenvalue weighted by Gasteiger charge is -2.26. The Morgan fingerprint density at radius 1 is 0.553 bits per heavy atom. The van der Waals surface area contributed by atoms with Crippen LogP contribution in [0.4, 0.5) is 11.4 Å². The van der Waals surface area contributed by atoms with Crippen LogP contribution in [-0.4, -0.2) is 0 Å². The van der Waals surface area contributed by atoms with Crippen LogP contribution in [0.25, 0.3) is 22.5 Å². The molecule has 0 saturated heterocycles. The van der Waals surface area contributed by atoms with E-state index in [4.69, 9.17) is 4.74 Å². The van der Waals surface area contributed by atoms with Crippen LogP contribution in [0, 0.1) is 0 Å². The summed E-state index contributed by atoms with van der Waals surface area (Å²) in [5.41, 5.74) is 11.3. The zero-order chi connectivity index (χ0) is 27.0. The molecule has 3 aliphatic rings. The number of ether oxygens (including phenoxy) is 1. The lowest BCUT2D eigenvalue weighted by atomic mass is 9.84. The second kappa shape index (κ2) is 6.92. The number of hydrogen-bond donors (Lipinski definition) is 0. The van der Waals surface area contributed by atoms with Crippen LogP contribution in [0.3, 0.4) is 0 Å². The van der Waals surface area contributed by atoms with Crippen molar-refractivity contribution in [2.24, 2.45) is 0 Å². The molecule has 7 rings (SSSR count). The lowest BCUT2D eigenvalue weighted by Crippen LogP contribution is -2.81. The van der Waals surface area contributed by atoms with Crippen molar-refractivity contribution in [2.45, 2.75) is 78.6 Å². The van der Waals surface area contributed by atoms with Gasteiger partial charge in [-0.05, 0) is 57.2 Å². The van der Waals surface area contributed by atoms with E-state index in [2.05, 4.69) is 139 Å². The summed E-state index contributed by atoms with van der Waals surface area (Å²) in [6, 6.07) is 20.6. The van der Waals surface area contributed by atoms with Gasteiger partial charge in [0.2, 0.25) is 23.9 Å². The molecule has 4 nitrogen and oxygen atoms in total. The second-order valence-electron chi connectivity index (χ2n) is 14.3. The maximum Gasteiger partial charge on any atom is 0.318 e. The first-order chi connectivity index (χ1) is 17.7. The highest BCUT2D eigenvalue weighted by Gasteiger charge is 2.72. The number of quaternary nitrogens is 1. The van der Waals surface area contributed by atoms with E-state index < -0.39 is 0 Å². The minimum atomic E-state index is -0.00538. The topological polar surface area (TPSA) is 17.0 Å². The highest BCUT2D eigenvalue weighted by Crippen LogP contribution is 2.61. The monoisotopic (exact) mass is 504 g/mol. The van der Waals surface area contributed by atoms with E-state index in [1.807, 2.05) is 0 Å². The first-order valence-corrected chi connectivity index (χ1v) is 13.8. The Bertz CT molecular complexity index is 1700. The van der Waals surface area contributed by atoms with Crippen LogP contribution in [0.15, 0.2) is 67.0 Å². The predicted molar refractivity (Wildman–Crippen MR) is 153 cm³/mol. The SMILES string of the molecule is CC(C)(C)c1cc2c3c(c1)-c1cc(C(C)(C)C)cc[n+]1[N+]31c3c(cccc3-c3cc(C(C)(C)C)cc[n+]31)O2. The molecule has 2 aromatic carbocycles. The molecule has 0 aliphatic carbocycles. The summed E-state index contributed by atoms with van der Waals surface area (Å²) < 4.78 is 12.2. The molecule has 4 heteroatoms. The van der Waals surface area contributed by atoms with Gasteiger partial charge in [-0.3, -0.25) is 0 Å². The van der Waals surface area contributed by atoms with E-state index >= 15 is 0 Å². The minimum absolute atomic E-state index is 0.00538. The molecule has 5 heterocycles. The largest absolute Gasteiger partial charge is 0.444 e. The molecule has 2 aromatic heterocycles. The van der Waals surface area contributed by atoms with Gasteiger partial charge in [0.15, 0.2) is 4.70 Å². The Morgan fingerprint density at radius 2 is 1.08 bits per heavy atom. The Balaban J connectivity index is 1.66. The summed E-state index contributed by atoms with van der Waals surface area (Å²) in [7, 11) is 0. The van der Waals surface area contributed by atoms with E-state index in [-0.39, 0.29) is 16.2 Å². The summed E-state index contributed by atoms with van der Waals surface area (Å²) in [6.07, 6.45) is 4.58. The molecule has 3 aliphatic heterocycles. The van der Waals surface area contributed by atoms with E-state index in [9.17, 15) is 0 Å². The van der Waals surface area contributed by atoms with Crippen molar-refractivity contribution in [2.75, 3.05) is 0 Å². The number of rotatable bonds is 0. The number of fused-ring (bicyclic) bond motifs is 4. The Labute approximate surface area is 226 Å². The lowest BCUT2D eigenvalue weighted by molar-refractivity contribution is -1.02. The molecule has 192 valence electrons. The summed E-state index contributed by atoms with van der Waals surface area (Å²) in [5, 5.41) is 0. The fourth-order valence-electron chi connectivity index (χ4n) is 6.36. The molecule has 1 spiro atoms. The molecule has 1 unspecified atom stereocenters. The standard InChI is InChI=1S/C34H38N3O/c1-32(2,3)21-13-15-35-26(18-21)24-11-10-12-28-30(24)37(35)31-25(17-23(34(7,8)9)20-29(31)38-28)27-19-22(33(4,5)6)14-16-36(27)37/h10-20H,1-9H3/q+3. The average Bonchev–Trinajstić information content (AvgIpc) is 3.30. The molecule has 0 radical (unpaired) electrons. The van der Waals surface area contributed by atoms with Gasteiger partial charge >= 0.3 is 11.4 Å². The Kier molecular flexibility index (Phi) is 4.30. The number of hydrogen-bond acceptors (Lipinski definition) is 1. The zero-order valence-electron chi connectivity index (χ0n) is 24.1. The molecule has 0 bridgehead atoms. The first kappa shape index (κ1) is 23.6. The molecule has 38 heavy (non-hydrogen) atoms. The van der Waals surface area contributed by atoms with Crippen molar-refractivity contribution in [3.8, 4) is 34.0 Å². The third-order valence-corrected chi connectivity index (χ3v) is 8.56. The minimum Gasteiger partial charge on any atom is -0.444 e. The highest BCUT2D eigenvalue weighted by molar-refractivity contribution is 5.93. The molecule has 1 atom stereocenters. The Hall–Kier alpha value is -3.50. The van der Waals surface area contributed by atoms with Crippen LogP contribution in [-0.2, 0) is 16.2 Å². The third kappa shape index (κ3) is 2.84. The zero-order valence-corrected chi connectivity index (χ0v) is 24.1. The van der Waals surface area contributed by atoms with Crippen molar-refractivity contribution in [3.63, 3.8) is 0 Å². The van der Waals surface area contributed by atoms with Crippen LogP contribution in [0.1, 0.15) is 79.0 Å². The van der Waals surface area contributed by atoms with Crippen LogP contribution in [0.2, 0.25) is 0 Å². The Morgan fingerprint density at radius 3 is 1.63 bits per heavy atom. The first-order valence-electron chi connectivity index (χ1n) is 13.8. The number of aromatic nitrogens is 2. The van der Waals surface area contributed by atoms with Crippen molar-refractivity contribution < 1.29 is 14.1 Å². The molecule has 4 aromatic rings. The van der Waals surface area contributed by atoms with E-state index in [0.717, 1.165) is 11.5 Å².